The van der Waals surface area contributed by atoms with E-state index in [9.17, 15) is 4.79 Å². The molecular formula is C9H5ClN2OS. The van der Waals surface area contributed by atoms with Crippen LogP contribution in [0.2, 0.25) is 0 Å². The second-order valence-corrected chi connectivity index (χ2v) is 3.59. The molecule has 0 aliphatic carbocycles. The van der Waals surface area contributed by atoms with E-state index in [-0.39, 0.29) is 0 Å². The molecule has 70 valence electrons. The molecule has 2 rings (SSSR count). The molecule has 5 heteroatoms. The number of aromatic nitrogens is 2. The van der Waals surface area contributed by atoms with E-state index in [4.69, 9.17) is 11.6 Å². The average molecular weight is 225 g/mol. The van der Waals surface area contributed by atoms with Crippen LogP contribution in [0.4, 0.5) is 0 Å². The summed E-state index contributed by atoms with van der Waals surface area (Å²) in [5, 5.41) is 5.31. The molecule has 0 atom stereocenters. The van der Waals surface area contributed by atoms with E-state index in [1.807, 2.05) is 5.38 Å². The van der Waals surface area contributed by atoms with Crippen LogP contribution in [0.1, 0.15) is 10.4 Å². The molecule has 1 aromatic carbocycles. The lowest BCUT2D eigenvalue weighted by Gasteiger charge is -1.96. The molecule has 0 fully saturated rings. The minimum atomic E-state index is -0.451. The molecule has 0 aliphatic heterocycles. The van der Waals surface area contributed by atoms with Crippen LogP contribution in [0.5, 0.6) is 0 Å². The van der Waals surface area contributed by atoms with Crippen molar-refractivity contribution in [1.29, 1.82) is 0 Å². The van der Waals surface area contributed by atoms with Crippen molar-refractivity contribution in [3.05, 3.63) is 35.2 Å². The Morgan fingerprint density at radius 1 is 1.29 bits per heavy atom. The Morgan fingerprint density at radius 3 is 2.50 bits per heavy atom. The van der Waals surface area contributed by atoms with Gasteiger partial charge in [-0.1, -0.05) is 16.6 Å². The summed E-state index contributed by atoms with van der Waals surface area (Å²) in [6.45, 7) is 0. The van der Waals surface area contributed by atoms with Gasteiger partial charge in [-0.15, -0.1) is 5.10 Å². The topological polar surface area (TPSA) is 42.9 Å². The SMILES string of the molecule is O=C(Cl)c1ccc(-c2csnn2)cc1. The summed E-state index contributed by atoms with van der Waals surface area (Å²) in [6, 6.07) is 6.94. The van der Waals surface area contributed by atoms with Crippen molar-refractivity contribution in [2.45, 2.75) is 0 Å². The molecule has 0 N–H and O–H groups in total. The lowest BCUT2D eigenvalue weighted by Crippen LogP contribution is -1.87. The number of benzene rings is 1. The highest BCUT2D eigenvalue weighted by molar-refractivity contribution is 7.03. The Balaban J connectivity index is 2.36. The number of carbonyl (C=O) groups is 1. The van der Waals surface area contributed by atoms with Crippen molar-refractivity contribution in [2.75, 3.05) is 0 Å². The maximum absolute atomic E-state index is 10.8. The summed E-state index contributed by atoms with van der Waals surface area (Å²) in [5.41, 5.74) is 2.22. The Hall–Kier alpha value is -1.26. The van der Waals surface area contributed by atoms with Gasteiger partial charge in [-0.2, -0.15) is 0 Å². The van der Waals surface area contributed by atoms with Gasteiger partial charge in [0, 0.05) is 16.5 Å². The standard InChI is InChI=1S/C9H5ClN2OS/c10-9(13)7-3-1-6(2-4-7)8-5-14-12-11-8/h1-5H. The zero-order valence-corrected chi connectivity index (χ0v) is 8.55. The first-order valence-electron chi connectivity index (χ1n) is 3.85. The Kier molecular flexibility index (Phi) is 2.56. The summed E-state index contributed by atoms with van der Waals surface area (Å²) in [7, 11) is 0. The zero-order valence-electron chi connectivity index (χ0n) is 6.98. The molecule has 0 saturated carbocycles. The molecule has 1 aromatic heterocycles. The van der Waals surface area contributed by atoms with Gasteiger partial charge in [-0.3, -0.25) is 4.79 Å². The molecule has 14 heavy (non-hydrogen) atoms. The van der Waals surface area contributed by atoms with Crippen molar-refractivity contribution in [3.63, 3.8) is 0 Å². The monoisotopic (exact) mass is 224 g/mol. The highest BCUT2D eigenvalue weighted by atomic mass is 35.5. The van der Waals surface area contributed by atoms with Crippen molar-refractivity contribution in [1.82, 2.24) is 9.59 Å². The smallest absolute Gasteiger partial charge is 0.252 e. The van der Waals surface area contributed by atoms with Gasteiger partial charge in [0.05, 0.1) is 0 Å². The predicted octanol–water partition coefficient (Wildman–Crippen LogP) is 2.58. The number of hydrogen-bond acceptors (Lipinski definition) is 4. The van der Waals surface area contributed by atoms with Crippen LogP contribution in [0.3, 0.4) is 0 Å². The van der Waals surface area contributed by atoms with Crippen LogP contribution in [-0.4, -0.2) is 14.8 Å². The zero-order chi connectivity index (χ0) is 9.97. The molecule has 0 radical (unpaired) electrons. The Morgan fingerprint density at radius 2 is 2.00 bits per heavy atom. The Bertz CT molecular complexity index is 438. The maximum Gasteiger partial charge on any atom is 0.252 e. The first-order valence-corrected chi connectivity index (χ1v) is 5.06. The lowest BCUT2D eigenvalue weighted by atomic mass is 10.1. The van der Waals surface area contributed by atoms with Crippen LogP contribution in [0.25, 0.3) is 11.3 Å². The predicted molar refractivity (Wildman–Crippen MR) is 55.5 cm³/mol. The van der Waals surface area contributed by atoms with E-state index in [0.717, 1.165) is 11.3 Å². The van der Waals surface area contributed by atoms with E-state index in [2.05, 4.69) is 9.59 Å². The third kappa shape index (κ3) is 1.81. The number of nitrogens with zero attached hydrogens (tertiary/aromatic N) is 2. The highest BCUT2D eigenvalue weighted by Gasteiger charge is 2.03. The molecular weight excluding hydrogens is 220 g/mol. The van der Waals surface area contributed by atoms with E-state index in [1.54, 1.807) is 24.3 Å². The van der Waals surface area contributed by atoms with Crippen LogP contribution in [0.15, 0.2) is 29.6 Å². The second-order valence-electron chi connectivity index (χ2n) is 2.64. The number of carbonyl (C=O) groups excluding carboxylic acids is 1. The molecule has 2 aromatic rings. The van der Waals surface area contributed by atoms with E-state index >= 15 is 0 Å². The van der Waals surface area contributed by atoms with Gasteiger partial charge >= 0.3 is 0 Å². The molecule has 0 bridgehead atoms. The number of halogens is 1. The summed E-state index contributed by atoms with van der Waals surface area (Å²) < 4.78 is 3.75. The van der Waals surface area contributed by atoms with Gasteiger partial charge in [0.2, 0.25) is 0 Å². The minimum absolute atomic E-state index is 0.451. The van der Waals surface area contributed by atoms with Crippen molar-refractivity contribution >= 4 is 28.4 Å². The van der Waals surface area contributed by atoms with Gasteiger partial charge in [-0.25, -0.2) is 0 Å². The van der Waals surface area contributed by atoms with Gasteiger partial charge in [0.25, 0.3) is 5.24 Å². The van der Waals surface area contributed by atoms with Gasteiger partial charge in [0.1, 0.15) is 5.69 Å². The van der Waals surface area contributed by atoms with Crippen LogP contribution in [-0.2, 0) is 0 Å². The van der Waals surface area contributed by atoms with Crippen LogP contribution < -0.4 is 0 Å². The Labute approximate surface area is 89.5 Å². The van der Waals surface area contributed by atoms with Crippen molar-refractivity contribution in [3.8, 4) is 11.3 Å². The summed E-state index contributed by atoms with van der Waals surface area (Å²) >= 11 is 6.61. The molecule has 0 amide bonds. The minimum Gasteiger partial charge on any atom is -0.276 e. The first kappa shape index (κ1) is 9.30. The van der Waals surface area contributed by atoms with Gasteiger partial charge < -0.3 is 0 Å². The number of rotatable bonds is 2. The molecule has 0 spiro atoms. The fourth-order valence-corrected chi connectivity index (χ4v) is 1.65. The van der Waals surface area contributed by atoms with Crippen molar-refractivity contribution in [2.24, 2.45) is 0 Å². The largest absolute Gasteiger partial charge is 0.276 e. The summed E-state index contributed by atoms with van der Waals surface area (Å²) in [5.74, 6) is 0. The quantitative estimate of drug-likeness (QED) is 0.737. The van der Waals surface area contributed by atoms with Gasteiger partial charge in [-0.05, 0) is 35.3 Å². The van der Waals surface area contributed by atoms with Crippen molar-refractivity contribution < 1.29 is 4.79 Å². The fourth-order valence-electron chi connectivity index (χ4n) is 1.06. The third-order valence-electron chi connectivity index (χ3n) is 1.77. The number of hydrogen-bond donors (Lipinski definition) is 0. The average Bonchev–Trinajstić information content (AvgIpc) is 2.71. The fraction of sp³-hybridized carbons (Fsp3) is 0. The highest BCUT2D eigenvalue weighted by Crippen LogP contribution is 2.18. The second kappa shape index (κ2) is 3.86. The van der Waals surface area contributed by atoms with E-state index in [0.29, 0.717) is 5.56 Å². The first-order chi connectivity index (χ1) is 6.77. The van der Waals surface area contributed by atoms with Crippen LogP contribution in [0, 0.1) is 0 Å². The van der Waals surface area contributed by atoms with E-state index in [1.165, 1.54) is 11.5 Å². The maximum atomic E-state index is 10.8. The van der Waals surface area contributed by atoms with Crippen LogP contribution >= 0.6 is 23.1 Å². The molecule has 1 heterocycles. The normalized spacial score (nSPS) is 10.1. The lowest BCUT2D eigenvalue weighted by molar-refractivity contribution is 0.108. The molecule has 0 aliphatic rings. The molecule has 0 unspecified atom stereocenters. The molecule has 0 saturated heterocycles. The summed E-state index contributed by atoms with van der Waals surface area (Å²) in [4.78, 5) is 10.8. The van der Waals surface area contributed by atoms with Gasteiger partial charge in [0.15, 0.2) is 0 Å². The third-order valence-corrected chi connectivity index (χ3v) is 2.49. The summed E-state index contributed by atoms with van der Waals surface area (Å²) in [6.07, 6.45) is 0. The molecule has 3 nitrogen and oxygen atoms in total. The van der Waals surface area contributed by atoms with E-state index < -0.39 is 5.24 Å².